The summed E-state index contributed by atoms with van der Waals surface area (Å²) in [6, 6.07) is 16.3. The van der Waals surface area contributed by atoms with Crippen LogP contribution in [0.3, 0.4) is 0 Å². The minimum absolute atomic E-state index is 0.112. The number of anilines is 1. The zero-order valence-corrected chi connectivity index (χ0v) is 19.9. The van der Waals surface area contributed by atoms with Gasteiger partial charge in [0.1, 0.15) is 12.4 Å². The predicted octanol–water partition coefficient (Wildman–Crippen LogP) is 5.80. The van der Waals surface area contributed by atoms with E-state index in [1.807, 2.05) is 24.3 Å². The maximum absolute atomic E-state index is 13.4. The lowest BCUT2D eigenvalue weighted by atomic mass is 9.77. The second kappa shape index (κ2) is 10.1. The quantitative estimate of drug-likeness (QED) is 0.599. The normalized spacial score (nSPS) is 23.1. The molecule has 1 aliphatic carbocycles. The van der Waals surface area contributed by atoms with Gasteiger partial charge in [-0.15, -0.1) is 0 Å². The number of aryl methyl sites for hydroxylation is 1. The molecule has 1 amide bonds. The van der Waals surface area contributed by atoms with Gasteiger partial charge in [-0.1, -0.05) is 56.5 Å². The van der Waals surface area contributed by atoms with E-state index in [-0.39, 0.29) is 5.91 Å². The highest BCUT2D eigenvalue weighted by molar-refractivity contribution is 5.99. The van der Waals surface area contributed by atoms with Gasteiger partial charge in [0, 0.05) is 25.3 Å². The van der Waals surface area contributed by atoms with Crippen LogP contribution in [0.2, 0.25) is 0 Å². The molecule has 2 aromatic rings. The number of hydrogen-bond acceptors (Lipinski definition) is 3. The fourth-order valence-corrected chi connectivity index (χ4v) is 5.65. The van der Waals surface area contributed by atoms with Crippen molar-refractivity contribution in [3.05, 3.63) is 59.7 Å². The number of hydrogen-bond donors (Lipinski definition) is 1. The maximum Gasteiger partial charge on any atom is 0.235 e. The number of benzene rings is 2. The van der Waals surface area contributed by atoms with E-state index in [0.717, 1.165) is 61.1 Å². The Morgan fingerprint density at radius 2 is 1.62 bits per heavy atom. The fraction of sp³-hybridized carbons (Fsp3) is 0.536. The monoisotopic (exact) mass is 434 g/mol. The molecule has 2 atom stereocenters. The van der Waals surface area contributed by atoms with E-state index in [0.29, 0.717) is 6.61 Å². The van der Waals surface area contributed by atoms with Gasteiger partial charge >= 0.3 is 0 Å². The zero-order chi connectivity index (χ0) is 22.6. The van der Waals surface area contributed by atoms with Crippen molar-refractivity contribution in [3.8, 4) is 5.75 Å². The third-order valence-electron chi connectivity index (χ3n) is 7.23. The van der Waals surface area contributed by atoms with Crippen LogP contribution in [0.1, 0.15) is 57.1 Å². The van der Waals surface area contributed by atoms with Crippen molar-refractivity contribution < 1.29 is 9.53 Å². The molecule has 0 aromatic heterocycles. The Kier molecular flexibility index (Phi) is 7.20. The van der Waals surface area contributed by atoms with E-state index in [1.54, 1.807) is 0 Å². The third-order valence-corrected chi connectivity index (χ3v) is 7.23. The molecule has 4 rings (SSSR count). The predicted molar refractivity (Wildman–Crippen MR) is 131 cm³/mol. The molecule has 2 aliphatic rings. The van der Waals surface area contributed by atoms with Crippen LogP contribution < -0.4 is 10.1 Å². The van der Waals surface area contributed by atoms with Crippen LogP contribution in [-0.2, 0) is 10.2 Å². The van der Waals surface area contributed by atoms with E-state index < -0.39 is 5.41 Å². The summed E-state index contributed by atoms with van der Waals surface area (Å²) in [4.78, 5) is 15.9. The summed E-state index contributed by atoms with van der Waals surface area (Å²) in [5, 5.41) is 3.18. The van der Waals surface area contributed by atoms with Gasteiger partial charge in [-0.25, -0.2) is 0 Å². The van der Waals surface area contributed by atoms with E-state index >= 15 is 0 Å². The van der Waals surface area contributed by atoms with E-state index in [9.17, 15) is 4.79 Å². The molecule has 2 fully saturated rings. The van der Waals surface area contributed by atoms with Crippen molar-refractivity contribution in [2.45, 2.75) is 58.3 Å². The first-order valence-electron chi connectivity index (χ1n) is 12.3. The Hall–Kier alpha value is -2.33. The number of nitrogens with one attached hydrogen (secondary N) is 1. The molecule has 4 heteroatoms. The number of likely N-dealkylation sites (tertiary alicyclic amines) is 1. The molecule has 1 saturated heterocycles. The number of carbonyl (C=O) groups excluding carboxylic acids is 1. The number of ether oxygens (including phenoxy) is 1. The molecule has 32 heavy (non-hydrogen) atoms. The van der Waals surface area contributed by atoms with Crippen LogP contribution in [0.15, 0.2) is 48.5 Å². The molecule has 2 aromatic carbocycles. The average molecular weight is 435 g/mol. The second-order valence-electron chi connectivity index (χ2n) is 10.2. The first-order chi connectivity index (χ1) is 15.4. The van der Waals surface area contributed by atoms with Crippen molar-refractivity contribution >= 4 is 11.6 Å². The van der Waals surface area contributed by atoms with Gasteiger partial charge in [0.05, 0.1) is 5.41 Å². The van der Waals surface area contributed by atoms with Crippen molar-refractivity contribution in [3.63, 3.8) is 0 Å². The van der Waals surface area contributed by atoms with Crippen LogP contribution in [-0.4, -0.2) is 37.0 Å². The van der Waals surface area contributed by atoms with Crippen LogP contribution in [0.5, 0.6) is 5.75 Å². The lowest BCUT2D eigenvalue weighted by Crippen LogP contribution is -2.40. The molecule has 1 aliphatic heterocycles. The third kappa shape index (κ3) is 5.35. The van der Waals surface area contributed by atoms with E-state index in [2.05, 4.69) is 55.3 Å². The molecule has 1 N–H and O–H groups in total. The molecule has 0 spiro atoms. The summed E-state index contributed by atoms with van der Waals surface area (Å²) in [6.45, 7) is 10.8. The van der Waals surface area contributed by atoms with Crippen molar-refractivity contribution in [1.29, 1.82) is 0 Å². The molecule has 0 radical (unpaired) electrons. The van der Waals surface area contributed by atoms with Gasteiger partial charge in [-0.2, -0.15) is 0 Å². The summed E-state index contributed by atoms with van der Waals surface area (Å²) in [5.74, 6) is 2.51. The fourth-order valence-electron chi connectivity index (χ4n) is 5.65. The molecule has 0 unspecified atom stereocenters. The van der Waals surface area contributed by atoms with Gasteiger partial charge < -0.3 is 10.1 Å². The minimum atomic E-state index is -0.411. The summed E-state index contributed by atoms with van der Waals surface area (Å²) in [6.07, 6.45) is 5.36. The van der Waals surface area contributed by atoms with Crippen LogP contribution >= 0.6 is 0 Å². The summed E-state index contributed by atoms with van der Waals surface area (Å²) < 4.78 is 5.98. The standard InChI is InChI=1S/C28H38N2O2/c1-21-6-8-24(9-7-21)28(14-4-5-15-28)27(31)29-25-10-12-26(13-11-25)32-17-16-30-19-22(2)18-23(3)20-30/h6-13,22-23H,4-5,14-20H2,1-3H3,(H,29,31)/t22-,23-/m0/s1. The Bertz CT molecular complexity index is 875. The zero-order valence-electron chi connectivity index (χ0n) is 19.9. The molecule has 0 bridgehead atoms. The molecule has 4 nitrogen and oxygen atoms in total. The number of rotatable bonds is 7. The lowest BCUT2D eigenvalue weighted by Gasteiger charge is -2.34. The van der Waals surface area contributed by atoms with Crippen LogP contribution in [0.4, 0.5) is 5.69 Å². The summed E-state index contributed by atoms with van der Waals surface area (Å²) in [5.41, 5.74) is 2.78. The highest BCUT2D eigenvalue weighted by Crippen LogP contribution is 2.42. The Morgan fingerprint density at radius 1 is 1.00 bits per heavy atom. The Morgan fingerprint density at radius 3 is 2.25 bits per heavy atom. The maximum atomic E-state index is 13.4. The molecular formula is C28H38N2O2. The molecule has 1 saturated carbocycles. The first kappa shape index (κ1) is 22.8. The first-order valence-corrected chi connectivity index (χ1v) is 12.3. The van der Waals surface area contributed by atoms with Crippen molar-refractivity contribution in [2.24, 2.45) is 11.8 Å². The second-order valence-corrected chi connectivity index (χ2v) is 10.2. The Labute approximate surface area is 193 Å². The molecular weight excluding hydrogens is 396 g/mol. The summed E-state index contributed by atoms with van der Waals surface area (Å²) in [7, 11) is 0. The smallest absolute Gasteiger partial charge is 0.235 e. The highest BCUT2D eigenvalue weighted by atomic mass is 16.5. The number of nitrogens with zero attached hydrogens (tertiary/aromatic N) is 1. The average Bonchev–Trinajstić information content (AvgIpc) is 3.26. The molecule has 1 heterocycles. The van der Waals surface area contributed by atoms with E-state index in [1.165, 1.54) is 25.1 Å². The Balaban J connectivity index is 1.32. The number of piperidine rings is 1. The van der Waals surface area contributed by atoms with Gasteiger partial charge in [0.15, 0.2) is 0 Å². The number of carbonyl (C=O) groups is 1. The van der Waals surface area contributed by atoms with Crippen LogP contribution in [0, 0.1) is 18.8 Å². The van der Waals surface area contributed by atoms with E-state index in [4.69, 9.17) is 4.74 Å². The summed E-state index contributed by atoms with van der Waals surface area (Å²) >= 11 is 0. The lowest BCUT2D eigenvalue weighted by molar-refractivity contribution is -0.121. The SMILES string of the molecule is Cc1ccc(C2(C(=O)Nc3ccc(OCCN4C[C@@H](C)C[C@H](C)C4)cc3)CCCC2)cc1. The van der Waals surface area contributed by atoms with Gasteiger partial charge in [-0.3, -0.25) is 9.69 Å². The topological polar surface area (TPSA) is 41.6 Å². The number of amides is 1. The van der Waals surface area contributed by atoms with Gasteiger partial charge in [0.25, 0.3) is 0 Å². The largest absolute Gasteiger partial charge is 0.492 e. The van der Waals surface area contributed by atoms with Gasteiger partial charge in [-0.05, 0) is 67.9 Å². The molecule has 172 valence electrons. The van der Waals surface area contributed by atoms with Crippen molar-refractivity contribution in [2.75, 3.05) is 31.6 Å². The highest BCUT2D eigenvalue weighted by Gasteiger charge is 2.42. The van der Waals surface area contributed by atoms with Gasteiger partial charge in [0.2, 0.25) is 5.91 Å². The van der Waals surface area contributed by atoms with Crippen LogP contribution in [0.25, 0.3) is 0 Å². The van der Waals surface area contributed by atoms with Crippen molar-refractivity contribution in [1.82, 2.24) is 4.90 Å². The minimum Gasteiger partial charge on any atom is -0.492 e.